The summed E-state index contributed by atoms with van der Waals surface area (Å²) in [6.45, 7) is 0. The van der Waals surface area contributed by atoms with E-state index < -0.39 is 12.0 Å². The summed E-state index contributed by atoms with van der Waals surface area (Å²) in [6.07, 6.45) is 2.06. The van der Waals surface area contributed by atoms with E-state index in [4.69, 9.17) is 16.3 Å². The third-order valence-corrected chi connectivity index (χ3v) is 4.07. The van der Waals surface area contributed by atoms with Crippen molar-refractivity contribution in [3.05, 3.63) is 65.4 Å². The number of nitrogens with one attached hydrogen (secondary N) is 2. The lowest BCUT2D eigenvalue weighted by Gasteiger charge is -2.14. The van der Waals surface area contributed by atoms with Crippen LogP contribution in [0.5, 0.6) is 5.75 Å². The molecule has 0 saturated carbocycles. The second kappa shape index (κ2) is 7.38. The van der Waals surface area contributed by atoms with Crippen molar-refractivity contribution < 1.29 is 14.6 Å². The zero-order chi connectivity index (χ0) is 17.8. The van der Waals surface area contributed by atoms with Crippen LogP contribution in [0.4, 0.5) is 5.69 Å². The largest absolute Gasteiger partial charge is 0.496 e. The van der Waals surface area contributed by atoms with Gasteiger partial charge < -0.3 is 15.2 Å². The number of anilines is 1. The maximum atomic E-state index is 12.3. The van der Waals surface area contributed by atoms with Crippen LogP contribution in [-0.4, -0.2) is 28.3 Å². The Balaban J connectivity index is 1.81. The summed E-state index contributed by atoms with van der Waals surface area (Å²) in [5, 5.41) is 19.9. The Kier molecular flexibility index (Phi) is 5.02. The van der Waals surface area contributed by atoms with Crippen LogP contribution in [0.1, 0.15) is 11.7 Å². The van der Waals surface area contributed by atoms with Crippen molar-refractivity contribution in [2.75, 3.05) is 12.4 Å². The number of benzene rings is 2. The number of rotatable bonds is 5. The SMILES string of the molecule is COc1cc(NC(=O)[C@@H](O)c2ccccc2Cl)ccc1-c1cn[nH]c1. The van der Waals surface area contributed by atoms with E-state index in [0.717, 1.165) is 11.1 Å². The fraction of sp³-hybridized carbons (Fsp3) is 0.111. The first-order chi connectivity index (χ1) is 12.1. The van der Waals surface area contributed by atoms with E-state index in [1.165, 1.54) is 0 Å². The lowest BCUT2D eigenvalue weighted by Crippen LogP contribution is -2.21. The summed E-state index contributed by atoms with van der Waals surface area (Å²) in [6, 6.07) is 11.9. The van der Waals surface area contributed by atoms with Crippen molar-refractivity contribution in [1.29, 1.82) is 0 Å². The van der Waals surface area contributed by atoms with Gasteiger partial charge in [0.1, 0.15) is 5.75 Å². The van der Waals surface area contributed by atoms with Crippen LogP contribution in [0.3, 0.4) is 0 Å². The minimum absolute atomic E-state index is 0.332. The summed E-state index contributed by atoms with van der Waals surface area (Å²) in [5.41, 5.74) is 2.55. The highest BCUT2D eigenvalue weighted by Crippen LogP contribution is 2.32. The van der Waals surface area contributed by atoms with Crippen LogP contribution < -0.4 is 10.1 Å². The van der Waals surface area contributed by atoms with Crippen molar-refractivity contribution >= 4 is 23.2 Å². The third-order valence-electron chi connectivity index (χ3n) is 3.73. The van der Waals surface area contributed by atoms with Crippen molar-refractivity contribution in [1.82, 2.24) is 10.2 Å². The molecule has 3 N–H and O–H groups in total. The minimum Gasteiger partial charge on any atom is -0.496 e. The molecule has 0 spiro atoms. The van der Waals surface area contributed by atoms with Gasteiger partial charge >= 0.3 is 0 Å². The number of aromatic nitrogens is 2. The van der Waals surface area contributed by atoms with Crippen molar-refractivity contribution in [3.8, 4) is 16.9 Å². The monoisotopic (exact) mass is 357 g/mol. The van der Waals surface area contributed by atoms with Gasteiger partial charge in [-0.15, -0.1) is 0 Å². The maximum Gasteiger partial charge on any atom is 0.257 e. The van der Waals surface area contributed by atoms with E-state index >= 15 is 0 Å². The van der Waals surface area contributed by atoms with Crippen molar-refractivity contribution in [2.45, 2.75) is 6.10 Å². The Morgan fingerprint density at radius 3 is 2.80 bits per heavy atom. The molecule has 7 heteroatoms. The Hall–Kier alpha value is -2.83. The van der Waals surface area contributed by atoms with Crippen molar-refractivity contribution in [3.63, 3.8) is 0 Å². The molecule has 1 atom stereocenters. The molecular formula is C18H16ClN3O3. The molecule has 0 fully saturated rings. The highest BCUT2D eigenvalue weighted by atomic mass is 35.5. The van der Waals surface area contributed by atoms with Gasteiger partial charge in [0, 0.05) is 39.7 Å². The molecule has 0 radical (unpaired) electrons. The van der Waals surface area contributed by atoms with Gasteiger partial charge in [0.05, 0.1) is 13.3 Å². The van der Waals surface area contributed by atoms with Crippen molar-refractivity contribution in [2.24, 2.45) is 0 Å². The van der Waals surface area contributed by atoms with Crippen LogP contribution in [0, 0.1) is 0 Å². The Morgan fingerprint density at radius 2 is 2.12 bits per heavy atom. The number of halogens is 1. The predicted molar refractivity (Wildman–Crippen MR) is 95.6 cm³/mol. The van der Waals surface area contributed by atoms with E-state index in [0.29, 0.717) is 22.0 Å². The smallest absolute Gasteiger partial charge is 0.257 e. The first-order valence-corrected chi connectivity index (χ1v) is 7.88. The number of aliphatic hydroxyl groups is 1. The zero-order valence-corrected chi connectivity index (χ0v) is 14.1. The van der Waals surface area contributed by atoms with E-state index in [9.17, 15) is 9.90 Å². The summed E-state index contributed by atoms with van der Waals surface area (Å²) in [5.74, 6) is -0.00218. The van der Waals surface area contributed by atoms with Gasteiger partial charge in [-0.05, 0) is 18.2 Å². The molecule has 0 unspecified atom stereocenters. The number of amides is 1. The third kappa shape index (κ3) is 3.65. The van der Waals surface area contributed by atoms with Gasteiger partial charge in [-0.2, -0.15) is 5.10 Å². The number of ether oxygens (including phenoxy) is 1. The van der Waals surface area contributed by atoms with Crippen LogP contribution in [0.25, 0.3) is 11.1 Å². The molecule has 1 amide bonds. The topological polar surface area (TPSA) is 87.2 Å². The van der Waals surface area contributed by atoms with E-state index in [1.54, 1.807) is 62.0 Å². The van der Waals surface area contributed by atoms with E-state index in [-0.39, 0.29) is 0 Å². The molecule has 0 aliphatic heterocycles. The summed E-state index contributed by atoms with van der Waals surface area (Å²) < 4.78 is 5.38. The number of H-pyrrole nitrogens is 1. The fourth-order valence-electron chi connectivity index (χ4n) is 2.45. The number of hydrogen-bond acceptors (Lipinski definition) is 4. The number of aromatic amines is 1. The highest BCUT2D eigenvalue weighted by molar-refractivity contribution is 6.31. The maximum absolute atomic E-state index is 12.3. The highest BCUT2D eigenvalue weighted by Gasteiger charge is 2.20. The molecule has 3 aromatic rings. The first kappa shape index (κ1) is 17.0. The number of carbonyl (C=O) groups excluding carboxylic acids is 1. The number of nitrogens with zero attached hydrogens (tertiary/aromatic N) is 1. The molecule has 25 heavy (non-hydrogen) atoms. The second-order valence-electron chi connectivity index (χ2n) is 5.32. The molecule has 0 aliphatic rings. The van der Waals surface area contributed by atoms with Crippen LogP contribution >= 0.6 is 11.6 Å². The van der Waals surface area contributed by atoms with E-state index in [1.807, 2.05) is 0 Å². The number of hydrogen-bond donors (Lipinski definition) is 3. The Bertz CT molecular complexity index is 881. The van der Waals surface area contributed by atoms with Crippen LogP contribution in [0.15, 0.2) is 54.9 Å². The molecule has 0 bridgehead atoms. The van der Waals surface area contributed by atoms with Crippen LogP contribution in [-0.2, 0) is 4.79 Å². The molecule has 0 saturated heterocycles. The standard InChI is InChI=1S/C18H16ClN3O3/c1-25-16-8-12(6-7-13(16)11-9-20-21-10-11)22-18(24)17(23)14-4-2-3-5-15(14)19/h2-10,17,23H,1H3,(H,20,21)(H,22,24)/t17-/m0/s1. The zero-order valence-electron chi connectivity index (χ0n) is 13.4. The van der Waals surface area contributed by atoms with Gasteiger partial charge in [0.25, 0.3) is 5.91 Å². The normalized spacial score (nSPS) is 11.8. The molecule has 128 valence electrons. The molecule has 1 heterocycles. The Morgan fingerprint density at radius 1 is 1.32 bits per heavy atom. The molecule has 0 aliphatic carbocycles. The number of carbonyl (C=O) groups is 1. The van der Waals surface area contributed by atoms with Gasteiger partial charge in [0.2, 0.25) is 0 Å². The summed E-state index contributed by atoms with van der Waals surface area (Å²) in [7, 11) is 1.54. The van der Waals surface area contributed by atoms with Crippen LogP contribution in [0.2, 0.25) is 5.02 Å². The number of aliphatic hydroxyl groups excluding tert-OH is 1. The first-order valence-electron chi connectivity index (χ1n) is 7.50. The van der Waals surface area contributed by atoms with E-state index in [2.05, 4.69) is 15.5 Å². The predicted octanol–water partition coefficient (Wildman–Crippen LogP) is 3.41. The lowest BCUT2D eigenvalue weighted by molar-refractivity contribution is -0.124. The second-order valence-corrected chi connectivity index (χ2v) is 5.72. The van der Waals surface area contributed by atoms with Gasteiger partial charge in [-0.25, -0.2) is 0 Å². The molecule has 1 aromatic heterocycles. The Labute approximate surface area is 149 Å². The minimum atomic E-state index is -1.37. The summed E-state index contributed by atoms with van der Waals surface area (Å²) in [4.78, 5) is 12.3. The molecule has 3 rings (SSSR count). The van der Waals surface area contributed by atoms with Gasteiger partial charge in [-0.1, -0.05) is 29.8 Å². The summed E-state index contributed by atoms with van der Waals surface area (Å²) >= 11 is 6.02. The molecular weight excluding hydrogens is 342 g/mol. The quantitative estimate of drug-likeness (QED) is 0.653. The molecule has 2 aromatic carbocycles. The fourth-order valence-corrected chi connectivity index (χ4v) is 2.69. The average molecular weight is 358 g/mol. The van der Waals surface area contributed by atoms with Gasteiger partial charge in [-0.3, -0.25) is 9.89 Å². The lowest BCUT2D eigenvalue weighted by atomic mass is 10.1. The number of methoxy groups -OCH3 is 1. The average Bonchev–Trinajstić information content (AvgIpc) is 3.15. The van der Waals surface area contributed by atoms with Gasteiger partial charge in [0.15, 0.2) is 6.10 Å². The molecule has 6 nitrogen and oxygen atoms in total.